The van der Waals surface area contributed by atoms with Crippen molar-refractivity contribution in [3.05, 3.63) is 0 Å². The molecule has 5 nitrogen and oxygen atoms in total. The molecule has 0 heterocycles. The molecule has 0 aromatic rings. The third-order valence-corrected chi connectivity index (χ3v) is 2.30. The van der Waals surface area contributed by atoms with Gasteiger partial charge in [-0.1, -0.05) is 0 Å². The molecule has 96 valence electrons. The molecule has 0 rings (SSSR count). The number of hydrogen-bond acceptors (Lipinski definition) is 5. The first-order chi connectivity index (χ1) is 6.83. The van der Waals surface area contributed by atoms with Crippen LogP contribution in [0, 0.1) is 0 Å². The predicted molar refractivity (Wildman–Crippen MR) is 66.1 cm³/mol. The van der Waals surface area contributed by atoms with Gasteiger partial charge in [-0.15, -0.1) is 0 Å². The van der Waals surface area contributed by atoms with Gasteiger partial charge in [0.05, 0.1) is 12.9 Å². The van der Waals surface area contributed by atoms with Crippen molar-refractivity contribution < 1.29 is 17.9 Å². The first-order valence-corrected chi connectivity index (χ1v) is 7.06. The molecule has 0 aromatic carbocycles. The zero-order chi connectivity index (χ0) is 13.2. The quantitative estimate of drug-likeness (QED) is 0.716. The Bertz CT molecular complexity index is 354. The molecule has 0 bridgehead atoms. The summed E-state index contributed by atoms with van der Waals surface area (Å²) in [4.78, 5) is 11.6. The molecule has 0 saturated carbocycles. The van der Waals surface area contributed by atoms with Gasteiger partial charge in [0.2, 0.25) is 10.0 Å². The standard InChI is InChI=1S/C9H19NO4S2/c1-8(2,15)6-14-9(3,4)7(11)10-16(5,12)13/h15H,6H2,1-5H3,(H,10,11). The Morgan fingerprint density at radius 3 is 2.06 bits per heavy atom. The van der Waals surface area contributed by atoms with Crippen molar-refractivity contribution in [3.8, 4) is 0 Å². The lowest BCUT2D eigenvalue weighted by Crippen LogP contribution is -2.47. The van der Waals surface area contributed by atoms with Gasteiger partial charge in [0.1, 0.15) is 5.60 Å². The molecular weight excluding hydrogens is 250 g/mol. The number of amides is 1. The van der Waals surface area contributed by atoms with E-state index in [9.17, 15) is 13.2 Å². The van der Waals surface area contributed by atoms with Gasteiger partial charge in [0.25, 0.3) is 5.91 Å². The molecule has 0 aliphatic rings. The van der Waals surface area contributed by atoms with Gasteiger partial charge in [0, 0.05) is 4.75 Å². The Balaban J connectivity index is 4.50. The fourth-order valence-corrected chi connectivity index (χ4v) is 1.36. The molecule has 0 aliphatic carbocycles. The van der Waals surface area contributed by atoms with E-state index in [1.165, 1.54) is 13.8 Å². The van der Waals surface area contributed by atoms with Gasteiger partial charge < -0.3 is 4.74 Å². The van der Waals surface area contributed by atoms with Gasteiger partial charge in [-0.3, -0.25) is 9.52 Å². The van der Waals surface area contributed by atoms with Crippen LogP contribution in [0.3, 0.4) is 0 Å². The topological polar surface area (TPSA) is 72.5 Å². The van der Waals surface area contributed by atoms with Crippen LogP contribution >= 0.6 is 12.6 Å². The van der Waals surface area contributed by atoms with Crippen LogP contribution in [-0.4, -0.2) is 37.5 Å². The Morgan fingerprint density at radius 2 is 1.75 bits per heavy atom. The molecule has 7 heteroatoms. The molecular formula is C9H19NO4S2. The summed E-state index contributed by atoms with van der Waals surface area (Å²) in [5, 5.41) is 0. The van der Waals surface area contributed by atoms with E-state index in [4.69, 9.17) is 4.74 Å². The van der Waals surface area contributed by atoms with Crippen LogP contribution in [0.2, 0.25) is 0 Å². The van der Waals surface area contributed by atoms with Crippen molar-refractivity contribution in [2.24, 2.45) is 0 Å². The van der Waals surface area contributed by atoms with Crippen molar-refractivity contribution in [2.45, 2.75) is 38.0 Å². The Morgan fingerprint density at radius 1 is 1.31 bits per heavy atom. The maximum Gasteiger partial charge on any atom is 0.265 e. The monoisotopic (exact) mass is 269 g/mol. The molecule has 1 N–H and O–H groups in total. The maximum absolute atomic E-state index is 11.6. The lowest BCUT2D eigenvalue weighted by molar-refractivity contribution is -0.141. The van der Waals surface area contributed by atoms with E-state index < -0.39 is 21.5 Å². The summed E-state index contributed by atoms with van der Waals surface area (Å²) in [6.07, 6.45) is 0.920. The van der Waals surface area contributed by atoms with E-state index in [0.29, 0.717) is 0 Å². The highest BCUT2D eigenvalue weighted by molar-refractivity contribution is 7.89. The summed E-state index contributed by atoms with van der Waals surface area (Å²) in [5.41, 5.74) is -1.21. The molecule has 0 atom stereocenters. The molecule has 0 radical (unpaired) electrons. The van der Waals surface area contributed by atoms with Gasteiger partial charge in [-0.05, 0) is 27.7 Å². The van der Waals surface area contributed by atoms with E-state index in [-0.39, 0.29) is 11.4 Å². The smallest absolute Gasteiger partial charge is 0.265 e. The van der Waals surface area contributed by atoms with Crippen LogP contribution in [0.5, 0.6) is 0 Å². The second-order valence-electron chi connectivity index (χ2n) is 4.81. The Hall–Kier alpha value is -0.270. The number of sulfonamides is 1. The molecule has 1 amide bonds. The zero-order valence-corrected chi connectivity index (χ0v) is 11.9. The summed E-state index contributed by atoms with van der Waals surface area (Å²) in [6.45, 7) is 6.92. The van der Waals surface area contributed by atoms with Crippen LogP contribution in [0.1, 0.15) is 27.7 Å². The second kappa shape index (κ2) is 4.93. The van der Waals surface area contributed by atoms with Gasteiger partial charge in [-0.2, -0.15) is 12.6 Å². The first kappa shape index (κ1) is 15.7. The summed E-state index contributed by atoms with van der Waals surface area (Å²) in [7, 11) is -3.56. The molecule has 0 unspecified atom stereocenters. The molecule has 16 heavy (non-hydrogen) atoms. The largest absolute Gasteiger partial charge is 0.364 e. The van der Waals surface area contributed by atoms with E-state index in [1.807, 2.05) is 18.6 Å². The van der Waals surface area contributed by atoms with E-state index in [2.05, 4.69) is 12.6 Å². The SMILES string of the molecule is CC(C)(S)COC(C)(C)C(=O)NS(C)(=O)=O. The van der Waals surface area contributed by atoms with E-state index in [1.54, 1.807) is 0 Å². The highest BCUT2D eigenvalue weighted by Crippen LogP contribution is 2.17. The number of rotatable bonds is 5. The molecule has 0 fully saturated rings. The number of carbonyl (C=O) groups excluding carboxylic acids is 1. The number of thiol groups is 1. The molecule has 0 saturated heterocycles. The van der Waals surface area contributed by atoms with E-state index in [0.717, 1.165) is 6.26 Å². The number of hydrogen-bond donors (Lipinski definition) is 2. The summed E-state index contributed by atoms with van der Waals surface area (Å²) in [5.74, 6) is -0.687. The van der Waals surface area contributed by atoms with Crippen molar-refractivity contribution >= 4 is 28.6 Å². The highest BCUT2D eigenvalue weighted by atomic mass is 32.2. The lowest BCUT2D eigenvalue weighted by atomic mass is 10.1. The number of carbonyl (C=O) groups is 1. The number of nitrogens with one attached hydrogen (secondary N) is 1. The van der Waals surface area contributed by atoms with Crippen molar-refractivity contribution in [1.29, 1.82) is 0 Å². The van der Waals surface area contributed by atoms with Crippen molar-refractivity contribution in [1.82, 2.24) is 4.72 Å². The van der Waals surface area contributed by atoms with Gasteiger partial charge in [-0.25, -0.2) is 8.42 Å². The third kappa shape index (κ3) is 7.08. The van der Waals surface area contributed by atoms with E-state index >= 15 is 0 Å². The predicted octanol–water partition coefficient (Wildman–Crippen LogP) is 0.566. The fraction of sp³-hybridized carbons (Fsp3) is 0.889. The molecule has 0 aliphatic heterocycles. The third-order valence-electron chi connectivity index (χ3n) is 1.61. The fourth-order valence-electron chi connectivity index (χ4n) is 0.714. The Labute approximate surface area is 102 Å². The Kier molecular flexibility index (Phi) is 4.85. The summed E-state index contributed by atoms with van der Waals surface area (Å²) in [6, 6.07) is 0. The summed E-state index contributed by atoms with van der Waals surface area (Å²) < 4.78 is 28.6. The highest BCUT2D eigenvalue weighted by Gasteiger charge is 2.32. The minimum atomic E-state index is -3.56. The minimum Gasteiger partial charge on any atom is -0.364 e. The molecule has 0 aromatic heterocycles. The zero-order valence-electron chi connectivity index (χ0n) is 10.2. The van der Waals surface area contributed by atoms with Crippen molar-refractivity contribution in [3.63, 3.8) is 0 Å². The normalized spacial score (nSPS) is 13.6. The van der Waals surface area contributed by atoms with Crippen LogP contribution < -0.4 is 4.72 Å². The summed E-state index contributed by atoms with van der Waals surface area (Å²) >= 11 is 4.25. The average Bonchev–Trinajstić information content (AvgIpc) is 1.96. The first-order valence-electron chi connectivity index (χ1n) is 4.72. The van der Waals surface area contributed by atoms with Crippen molar-refractivity contribution in [2.75, 3.05) is 12.9 Å². The van der Waals surface area contributed by atoms with Crippen LogP contribution in [0.15, 0.2) is 0 Å². The van der Waals surface area contributed by atoms with Crippen LogP contribution in [-0.2, 0) is 19.6 Å². The lowest BCUT2D eigenvalue weighted by Gasteiger charge is -2.27. The minimum absolute atomic E-state index is 0.236. The van der Waals surface area contributed by atoms with Gasteiger partial charge in [0.15, 0.2) is 0 Å². The second-order valence-corrected chi connectivity index (χ2v) is 7.77. The van der Waals surface area contributed by atoms with Gasteiger partial charge >= 0.3 is 0 Å². The van der Waals surface area contributed by atoms with Crippen LogP contribution in [0.4, 0.5) is 0 Å². The number of ether oxygens (including phenoxy) is 1. The molecule has 0 spiro atoms. The van der Waals surface area contributed by atoms with Crippen LogP contribution in [0.25, 0.3) is 0 Å². The average molecular weight is 269 g/mol. The maximum atomic E-state index is 11.6.